The molecule has 0 nitrogen and oxygen atoms in total. The van der Waals surface area contributed by atoms with Crippen molar-refractivity contribution in [3.8, 4) is 0 Å². The lowest BCUT2D eigenvalue weighted by molar-refractivity contribution is 0.717. The fourth-order valence-electron chi connectivity index (χ4n) is 1.32. The fourth-order valence-corrected chi connectivity index (χ4v) is 1.91. The molecule has 0 saturated heterocycles. The van der Waals surface area contributed by atoms with Gasteiger partial charge in [-0.3, -0.25) is 0 Å². The Bertz CT molecular complexity index is 249. The van der Waals surface area contributed by atoms with Crippen LogP contribution in [0.5, 0.6) is 0 Å². The molecular formula is C11H14Cl2. The third kappa shape index (κ3) is 3.21. The Labute approximate surface area is 89.9 Å². The first-order valence-electron chi connectivity index (χ1n) is 4.68. The second-order valence-corrected chi connectivity index (χ2v) is 3.97. The second kappa shape index (κ2) is 5.51. The van der Waals surface area contributed by atoms with Crippen LogP contribution in [0, 0.1) is 0 Å². The van der Waals surface area contributed by atoms with E-state index in [9.17, 15) is 0 Å². The maximum atomic E-state index is 6.02. The summed E-state index contributed by atoms with van der Waals surface area (Å²) < 4.78 is 0. The molecule has 0 saturated carbocycles. The predicted octanol–water partition coefficient (Wildman–Crippen LogP) is 4.73. The fraction of sp³-hybridized carbons (Fsp3) is 0.455. The highest BCUT2D eigenvalue weighted by Crippen LogP contribution is 2.25. The summed E-state index contributed by atoms with van der Waals surface area (Å²) in [5.41, 5.74) is 1.10. The highest BCUT2D eigenvalue weighted by atomic mass is 35.5. The first-order chi connectivity index (χ1) is 6.25. The van der Waals surface area contributed by atoms with Gasteiger partial charge in [-0.15, -0.1) is 0 Å². The molecule has 0 heterocycles. The van der Waals surface area contributed by atoms with Crippen LogP contribution in [-0.2, 0) is 6.42 Å². The molecule has 2 heteroatoms. The van der Waals surface area contributed by atoms with Crippen LogP contribution < -0.4 is 0 Å². The van der Waals surface area contributed by atoms with Crippen molar-refractivity contribution in [3.05, 3.63) is 33.8 Å². The lowest BCUT2D eigenvalue weighted by Crippen LogP contribution is -1.88. The molecule has 0 fully saturated rings. The van der Waals surface area contributed by atoms with Gasteiger partial charge in [0.2, 0.25) is 0 Å². The number of rotatable bonds is 4. The lowest BCUT2D eigenvalue weighted by atomic mass is 10.1. The molecule has 0 unspecified atom stereocenters. The summed E-state index contributed by atoms with van der Waals surface area (Å²) in [4.78, 5) is 0. The topological polar surface area (TPSA) is 0 Å². The highest BCUT2D eigenvalue weighted by Gasteiger charge is 2.03. The molecule has 0 amide bonds. The van der Waals surface area contributed by atoms with Crippen LogP contribution in [0.3, 0.4) is 0 Å². The lowest BCUT2D eigenvalue weighted by Gasteiger charge is -2.05. The van der Waals surface area contributed by atoms with Gasteiger partial charge in [0.1, 0.15) is 0 Å². The summed E-state index contributed by atoms with van der Waals surface area (Å²) >= 11 is 12.0. The van der Waals surface area contributed by atoms with Crippen molar-refractivity contribution in [3.63, 3.8) is 0 Å². The van der Waals surface area contributed by atoms with Crippen molar-refractivity contribution in [1.29, 1.82) is 0 Å². The average Bonchev–Trinajstić information content (AvgIpc) is 2.10. The van der Waals surface area contributed by atoms with Crippen LogP contribution in [0.1, 0.15) is 31.7 Å². The minimum Gasteiger partial charge on any atom is -0.0840 e. The number of benzene rings is 1. The molecule has 0 spiro atoms. The Morgan fingerprint density at radius 2 is 1.69 bits per heavy atom. The van der Waals surface area contributed by atoms with Gasteiger partial charge in [-0.25, -0.2) is 0 Å². The summed E-state index contributed by atoms with van der Waals surface area (Å²) in [6.07, 6.45) is 4.62. The largest absolute Gasteiger partial charge is 0.0840 e. The quantitative estimate of drug-likeness (QED) is 0.639. The van der Waals surface area contributed by atoms with E-state index in [1.54, 1.807) is 0 Å². The molecular weight excluding hydrogens is 203 g/mol. The van der Waals surface area contributed by atoms with Crippen LogP contribution in [0.15, 0.2) is 18.2 Å². The third-order valence-corrected chi connectivity index (χ3v) is 2.80. The van der Waals surface area contributed by atoms with E-state index >= 15 is 0 Å². The van der Waals surface area contributed by atoms with Crippen molar-refractivity contribution >= 4 is 23.2 Å². The van der Waals surface area contributed by atoms with Gasteiger partial charge in [0.15, 0.2) is 0 Å². The Morgan fingerprint density at radius 1 is 1.08 bits per heavy atom. The molecule has 0 aromatic heterocycles. The van der Waals surface area contributed by atoms with Gasteiger partial charge in [-0.1, -0.05) is 49.0 Å². The van der Waals surface area contributed by atoms with E-state index in [0.29, 0.717) is 0 Å². The van der Waals surface area contributed by atoms with Gasteiger partial charge in [0.25, 0.3) is 0 Å². The molecule has 0 N–H and O–H groups in total. The van der Waals surface area contributed by atoms with E-state index in [-0.39, 0.29) is 0 Å². The second-order valence-electron chi connectivity index (χ2n) is 3.16. The van der Waals surface area contributed by atoms with Crippen LogP contribution in [0.2, 0.25) is 10.0 Å². The third-order valence-electron chi connectivity index (χ3n) is 2.09. The maximum Gasteiger partial charge on any atom is 0.0452 e. The van der Waals surface area contributed by atoms with Crippen molar-refractivity contribution in [2.24, 2.45) is 0 Å². The number of hydrogen-bond donors (Lipinski definition) is 0. The van der Waals surface area contributed by atoms with E-state index in [0.717, 1.165) is 22.0 Å². The van der Waals surface area contributed by atoms with Crippen molar-refractivity contribution in [2.75, 3.05) is 0 Å². The van der Waals surface area contributed by atoms with Gasteiger partial charge in [-0.2, -0.15) is 0 Å². The first kappa shape index (κ1) is 10.9. The molecule has 0 atom stereocenters. The van der Waals surface area contributed by atoms with Gasteiger partial charge in [0.05, 0.1) is 0 Å². The predicted molar refractivity (Wildman–Crippen MR) is 59.7 cm³/mol. The zero-order valence-corrected chi connectivity index (χ0v) is 9.33. The molecule has 0 radical (unpaired) electrons. The SMILES string of the molecule is CCCCCc1c(Cl)cccc1Cl. The molecule has 1 aromatic rings. The van der Waals surface area contributed by atoms with E-state index in [1.165, 1.54) is 19.3 Å². The summed E-state index contributed by atoms with van der Waals surface area (Å²) in [6.45, 7) is 2.19. The summed E-state index contributed by atoms with van der Waals surface area (Å²) in [5.74, 6) is 0. The van der Waals surface area contributed by atoms with Crippen LogP contribution in [0.25, 0.3) is 0 Å². The van der Waals surface area contributed by atoms with Crippen LogP contribution >= 0.6 is 23.2 Å². The van der Waals surface area contributed by atoms with Crippen LogP contribution in [-0.4, -0.2) is 0 Å². The zero-order valence-electron chi connectivity index (χ0n) is 7.82. The Morgan fingerprint density at radius 3 is 2.23 bits per heavy atom. The first-order valence-corrected chi connectivity index (χ1v) is 5.44. The summed E-state index contributed by atoms with van der Waals surface area (Å²) in [6, 6.07) is 5.68. The van der Waals surface area contributed by atoms with Gasteiger partial charge in [-0.05, 0) is 30.5 Å². The van der Waals surface area contributed by atoms with Gasteiger partial charge in [0, 0.05) is 10.0 Å². The molecule has 72 valence electrons. The van der Waals surface area contributed by atoms with E-state index in [2.05, 4.69) is 6.92 Å². The van der Waals surface area contributed by atoms with Crippen molar-refractivity contribution in [1.82, 2.24) is 0 Å². The molecule has 1 aromatic carbocycles. The summed E-state index contributed by atoms with van der Waals surface area (Å²) in [7, 11) is 0. The standard InChI is InChI=1S/C11H14Cl2/c1-2-3-4-6-9-10(12)7-5-8-11(9)13/h5,7-8H,2-4,6H2,1H3. The molecule has 0 aliphatic heterocycles. The Hall–Kier alpha value is -0.200. The zero-order chi connectivity index (χ0) is 9.68. The van der Waals surface area contributed by atoms with Gasteiger partial charge >= 0.3 is 0 Å². The average molecular weight is 217 g/mol. The molecule has 1 rings (SSSR count). The van der Waals surface area contributed by atoms with Crippen LogP contribution in [0.4, 0.5) is 0 Å². The number of unbranched alkanes of at least 4 members (excludes halogenated alkanes) is 2. The number of hydrogen-bond acceptors (Lipinski definition) is 0. The summed E-state index contributed by atoms with van der Waals surface area (Å²) in [5, 5.41) is 1.59. The van der Waals surface area contributed by atoms with Crippen molar-refractivity contribution < 1.29 is 0 Å². The minimum atomic E-state index is 0.795. The Kier molecular flexibility index (Phi) is 4.61. The van der Waals surface area contributed by atoms with E-state index < -0.39 is 0 Å². The maximum absolute atomic E-state index is 6.02. The number of halogens is 2. The molecule has 0 bridgehead atoms. The minimum absolute atomic E-state index is 0.795. The molecule has 13 heavy (non-hydrogen) atoms. The van der Waals surface area contributed by atoms with Crippen molar-refractivity contribution in [2.45, 2.75) is 32.6 Å². The van der Waals surface area contributed by atoms with E-state index in [4.69, 9.17) is 23.2 Å². The molecule has 0 aliphatic rings. The monoisotopic (exact) mass is 216 g/mol. The highest BCUT2D eigenvalue weighted by molar-refractivity contribution is 6.35. The van der Waals surface area contributed by atoms with E-state index in [1.807, 2.05) is 18.2 Å². The Balaban J connectivity index is 2.64. The van der Waals surface area contributed by atoms with Gasteiger partial charge < -0.3 is 0 Å². The molecule has 0 aliphatic carbocycles. The smallest absolute Gasteiger partial charge is 0.0452 e. The normalized spacial score (nSPS) is 10.4.